The van der Waals surface area contributed by atoms with Crippen molar-refractivity contribution < 1.29 is 4.79 Å². The maximum absolute atomic E-state index is 11.6. The molecule has 2 aromatic rings. The molecule has 8 nitrogen and oxygen atoms in total. The van der Waals surface area contributed by atoms with Gasteiger partial charge in [0.05, 0.1) is 12.2 Å². The van der Waals surface area contributed by atoms with Gasteiger partial charge in [-0.25, -0.2) is 14.7 Å². The van der Waals surface area contributed by atoms with Crippen molar-refractivity contribution in [3.63, 3.8) is 0 Å². The second-order valence-corrected chi connectivity index (χ2v) is 7.05. The Morgan fingerprint density at radius 1 is 1.21 bits per heavy atom. The lowest BCUT2D eigenvalue weighted by Crippen LogP contribution is -2.41. The maximum atomic E-state index is 11.6. The summed E-state index contributed by atoms with van der Waals surface area (Å²) in [5, 5.41) is 13.9. The number of rotatable bonds is 8. The Labute approximate surface area is 165 Å². The van der Waals surface area contributed by atoms with E-state index in [0.717, 1.165) is 48.1 Å². The summed E-state index contributed by atoms with van der Waals surface area (Å²) in [7, 11) is 0. The van der Waals surface area contributed by atoms with E-state index in [1.165, 1.54) is 0 Å². The van der Waals surface area contributed by atoms with Crippen LogP contribution in [0.1, 0.15) is 36.7 Å². The van der Waals surface area contributed by atoms with Crippen LogP contribution in [0.25, 0.3) is 5.82 Å². The summed E-state index contributed by atoms with van der Waals surface area (Å²) in [6.07, 6.45) is 3.88. The van der Waals surface area contributed by atoms with E-state index < -0.39 is 0 Å². The number of aromatic nitrogens is 3. The lowest BCUT2D eigenvalue weighted by molar-refractivity contribution is -0.122. The summed E-state index contributed by atoms with van der Waals surface area (Å²) in [6, 6.07) is 6.00. The van der Waals surface area contributed by atoms with Gasteiger partial charge in [-0.15, -0.1) is 0 Å². The van der Waals surface area contributed by atoms with Crippen molar-refractivity contribution in [3.05, 3.63) is 41.3 Å². The predicted octanol–water partition coefficient (Wildman–Crippen LogP) is 1.47. The Balaban J connectivity index is 1.51. The van der Waals surface area contributed by atoms with E-state index in [1.807, 2.05) is 49.8 Å². The highest BCUT2D eigenvalue weighted by Crippen LogP contribution is 2.28. The van der Waals surface area contributed by atoms with Crippen LogP contribution in [-0.2, 0) is 11.3 Å². The van der Waals surface area contributed by atoms with Gasteiger partial charge in [-0.3, -0.25) is 4.79 Å². The molecule has 0 aliphatic heterocycles. The minimum absolute atomic E-state index is 0.164. The van der Waals surface area contributed by atoms with Crippen molar-refractivity contribution in [2.75, 3.05) is 19.6 Å². The fraction of sp³-hybridized carbons (Fsp3) is 0.500. The number of hydrogen-bond acceptors (Lipinski definition) is 4. The molecule has 1 amide bonds. The molecule has 0 bridgehead atoms. The summed E-state index contributed by atoms with van der Waals surface area (Å²) in [5.74, 6) is 1.94. The van der Waals surface area contributed by atoms with E-state index in [4.69, 9.17) is 0 Å². The van der Waals surface area contributed by atoms with Gasteiger partial charge in [0.2, 0.25) is 5.91 Å². The minimum Gasteiger partial charge on any atom is -0.357 e. The van der Waals surface area contributed by atoms with Crippen molar-refractivity contribution in [1.29, 1.82) is 0 Å². The van der Waals surface area contributed by atoms with Gasteiger partial charge in [-0.1, -0.05) is 6.07 Å². The maximum Gasteiger partial charge on any atom is 0.223 e. The first kappa shape index (κ1) is 19.9. The van der Waals surface area contributed by atoms with Gasteiger partial charge in [0, 0.05) is 37.4 Å². The van der Waals surface area contributed by atoms with E-state index in [-0.39, 0.29) is 11.8 Å². The molecule has 3 N–H and O–H groups in total. The lowest BCUT2D eigenvalue weighted by atomic mass is 10.3. The topological polar surface area (TPSA) is 96.2 Å². The molecule has 3 rings (SSSR count). The third-order valence-corrected chi connectivity index (χ3v) is 4.46. The highest BCUT2D eigenvalue weighted by molar-refractivity contribution is 5.81. The monoisotopic (exact) mass is 383 g/mol. The number of guanidine groups is 1. The van der Waals surface area contributed by atoms with E-state index in [2.05, 4.69) is 31.0 Å². The zero-order valence-electron chi connectivity index (χ0n) is 16.8. The van der Waals surface area contributed by atoms with E-state index >= 15 is 0 Å². The number of nitrogens with zero attached hydrogens (tertiary/aromatic N) is 4. The van der Waals surface area contributed by atoms with Gasteiger partial charge in [0.1, 0.15) is 0 Å². The number of nitrogens with one attached hydrogen (secondary N) is 3. The van der Waals surface area contributed by atoms with Gasteiger partial charge >= 0.3 is 0 Å². The average molecular weight is 384 g/mol. The summed E-state index contributed by atoms with van der Waals surface area (Å²) in [4.78, 5) is 20.7. The quantitative estimate of drug-likeness (QED) is 0.364. The van der Waals surface area contributed by atoms with Gasteiger partial charge in [0.15, 0.2) is 11.8 Å². The number of amides is 1. The first-order valence-electron chi connectivity index (χ1n) is 9.85. The molecule has 8 heteroatoms. The van der Waals surface area contributed by atoms with Crippen LogP contribution in [0.4, 0.5) is 0 Å². The normalized spacial score (nSPS) is 14.0. The summed E-state index contributed by atoms with van der Waals surface area (Å²) in [6.45, 7) is 8.54. The second kappa shape index (κ2) is 9.34. The molecular weight excluding hydrogens is 354 g/mol. The van der Waals surface area contributed by atoms with Gasteiger partial charge in [0.25, 0.3) is 0 Å². The Kier molecular flexibility index (Phi) is 6.62. The fourth-order valence-electron chi connectivity index (χ4n) is 2.86. The Hall–Kier alpha value is -2.90. The largest absolute Gasteiger partial charge is 0.357 e. The lowest BCUT2D eigenvalue weighted by Gasteiger charge is -2.12. The van der Waals surface area contributed by atoms with Crippen LogP contribution >= 0.6 is 0 Å². The van der Waals surface area contributed by atoms with Crippen LogP contribution in [-0.4, -0.2) is 46.3 Å². The van der Waals surface area contributed by atoms with Crippen molar-refractivity contribution in [2.45, 2.75) is 40.2 Å². The first-order chi connectivity index (χ1) is 13.6. The molecule has 1 aliphatic rings. The SMILES string of the molecule is CCNC(=NCc1ccc(-n2nc(C)cc2C)nc1)NCCNC(=O)C1CC1. The zero-order valence-corrected chi connectivity index (χ0v) is 16.8. The fourth-order valence-corrected chi connectivity index (χ4v) is 2.86. The second-order valence-electron chi connectivity index (χ2n) is 7.05. The molecule has 0 radical (unpaired) electrons. The molecule has 1 fully saturated rings. The number of aryl methyl sites for hydroxylation is 2. The predicted molar refractivity (Wildman–Crippen MR) is 109 cm³/mol. The standard InChI is InChI=1S/C20H29N7O/c1-4-21-20(23-10-9-22-19(28)17-6-7-17)25-13-16-5-8-18(24-12-16)27-15(3)11-14(2)26-27/h5,8,11-12,17H,4,6-7,9-10,13H2,1-3H3,(H,22,28)(H2,21,23,25). The number of pyridine rings is 1. The van der Waals surface area contributed by atoms with Crippen LogP contribution in [0.15, 0.2) is 29.4 Å². The number of carbonyl (C=O) groups excluding carboxylic acids is 1. The number of aliphatic imine (C=N–C) groups is 1. The zero-order chi connectivity index (χ0) is 19.9. The molecule has 0 saturated heterocycles. The van der Waals surface area contributed by atoms with Crippen molar-refractivity contribution in [1.82, 2.24) is 30.7 Å². The van der Waals surface area contributed by atoms with Crippen LogP contribution in [0.3, 0.4) is 0 Å². The van der Waals surface area contributed by atoms with Crippen LogP contribution in [0.5, 0.6) is 0 Å². The first-order valence-corrected chi connectivity index (χ1v) is 9.85. The van der Waals surface area contributed by atoms with Crippen LogP contribution in [0, 0.1) is 19.8 Å². The van der Waals surface area contributed by atoms with E-state index in [1.54, 1.807) is 0 Å². The Morgan fingerprint density at radius 2 is 2.00 bits per heavy atom. The van der Waals surface area contributed by atoms with Gasteiger partial charge < -0.3 is 16.0 Å². The molecule has 2 heterocycles. The van der Waals surface area contributed by atoms with E-state index in [0.29, 0.717) is 19.6 Å². The molecule has 0 spiro atoms. The summed E-state index contributed by atoms with van der Waals surface area (Å²) >= 11 is 0. The number of carbonyl (C=O) groups is 1. The van der Waals surface area contributed by atoms with Crippen molar-refractivity contribution in [3.8, 4) is 5.82 Å². The van der Waals surface area contributed by atoms with Crippen molar-refractivity contribution >= 4 is 11.9 Å². The minimum atomic E-state index is 0.164. The third kappa shape index (κ3) is 5.55. The summed E-state index contributed by atoms with van der Waals surface area (Å²) < 4.78 is 1.84. The summed E-state index contributed by atoms with van der Waals surface area (Å²) in [5.41, 5.74) is 3.05. The van der Waals surface area contributed by atoms with E-state index in [9.17, 15) is 4.79 Å². The van der Waals surface area contributed by atoms with Crippen molar-refractivity contribution in [2.24, 2.45) is 10.9 Å². The molecule has 1 saturated carbocycles. The smallest absolute Gasteiger partial charge is 0.223 e. The molecule has 0 atom stereocenters. The average Bonchev–Trinajstić information content (AvgIpc) is 3.48. The molecule has 2 aromatic heterocycles. The van der Waals surface area contributed by atoms with Crippen LogP contribution in [0.2, 0.25) is 0 Å². The molecule has 0 unspecified atom stereocenters. The van der Waals surface area contributed by atoms with Crippen LogP contribution < -0.4 is 16.0 Å². The Morgan fingerprint density at radius 3 is 2.61 bits per heavy atom. The van der Waals surface area contributed by atoms with Gasteiger partial charge in [-0.05, 0) is 51.3 Å². The highest BCUT2D eigenvalue weighted by Gasteiger charge is 2.28. The van der Waals surface area contributed by atoms with Gasteiger partial charge in [-0.2, -0.15) is 5.10 Å². The molecule has 150 valence electrons. The molecule has 0 aromatic carbocycles. The third-order valence-electron chi connectivity index (χ3n) is 4.46. The Bertz CT molecular complexity index is 822. The molecule has 28 heavy (non-hydrogen) atoms. The molecule has 1 aliphatic carbocycles. The highest BCUT2D eigenvalue weighted by atomic mass is 16.2. The molecular formula is C20H29N7O. The number of hydrogen-bond donors (Lipinski definition) is 3.